The molecule has 2 rings (SSSR count). The number of nitrogens with zero attached hydrogens (tertiary/aromatic N) is 1. The highest BCUT2D eigenvalue weighted by molar-refractivity contribution is 5.50. The molecule has 0 aliphatic heterocycles. The molecule has 2 nitrogen and oxygen atoms in total. The molecule has 70 valence electrons. The lowest BCUT2D eigenvalue weighted by Crippen LogP contribution is -2.12. The highest BCUT2D eigenvalue weighted by atomic mass is 15.0. The minimum atomic E-state index is 0.472. The van der Waals surface area contributed by atoms with E-state index in [2.05, 4.69) is 30.2 Å². The number of aromatic nitrogens is 1. The van der Waals surface area contributed by atoms with E-state index in [4.69, 9.17) is 0 Å². The maximum absolute atomic E-state index is 4.38. The van der Waals surface area contributed by atoms with Crippen LogP contribution in [0.1, 0.15) is 31.4 Å². The SMILES string of the molecule is CC(C)Nc1nccc2c1CCC2. The van der Waals surface area contributed by atoms with Crippen molar-refractivity contribution in [3.8, 4) is 0 Å². The van der Waals surface area contributed by atoms with Crippen molar-refractivity contribution in [1.82, 2.24) is 4.98 Å². The van der Waals surface area contributed by atoms with E-state index in [0.717, 1.165) is 5.82 Å². The number of aryl methyl sites for hydroxylation is 1. The fourth-order valence-electron chi connectivity index (χ4n) is 1.90. The highest BCUT2D eigenvalue weighted by Crippen LogP contribution is 2.26. The van der Waals surface area contributed by atoms with E-state index in [-0.39, 0.29) is 0 Å². The highest BCUT2D eigenvalue weighted by Gasteiger charge is 2.15. The molecule has 1 N–H and O–H groups in total. The van der Waals surface area contributed by atoms with Crippen LogP contribution >= 0.6 is 0 Å². The standard InChI is InChI=1S/C11H16N2/c1-8(2)13-11-10-5-3-4-9(10)6-7-12-11/h6-8H,3-5H2,1-2H3,(H,12,13). The summed E-state index contributed by atoms with van der Waals surface area (Å²) in [5.41, 5.74) is 2.93. The van der Waals surface area contributed by atoms with E-state index >= 15 is 0 Å². The molecule has 0 unspecified atom stereocenters. The van der Waals surface area contributed by atoms with Gasteiger partial charge in [-0.3, -0.25) is 0 Å². The second kappa shape index (κ2) is 3.36. The summed E-state index contributed by atoms with van der Waals surface area (Å²) < 4.78 is 0. The van der Waals surface area contributed by atoms with Gasteiger partial charge in [0.05, 0.1) is 0 Å². The molecule has 0 spiro atoms. The second-order valence-electron chi connectivity index (χ2n) is 3.95. The van der Waals surface area contributed by atoms with E-state index in [1.54, 1.807) is 0 Å². The monoisotopic (exact) mass is 176 g/mol. The van der Waals surface area contributed by atoms with Crippen LogP contribution in [0, 0.1) is 0 Å². The summed E-state index contributed by atoms with van der Waals surface area (Å²) in [4.78, 5) is 4.38. The van der Waals surface area contributed by atoms with Gasteiger partial charge in [-0.05, 0) is 50.3 Å². The quantitative estimate of drug-likeness (QED) is 0.748. The molecule has 0 amide bonds. The number of hydrogen-bond donors (Lipinski definition) is 1. The Kier molecular flexibility index (Phi) is 2.21. The topological polar surface area (TPSA) is 24.9 Å². The molecule has 1 aromatic rings. The van der Waals surface area contributed by atoms with E-state index in [1.807, 2.05) is 6.20 Å². The zero-order valence-corrected chi connectivity index (χ0v) is 8.30. The summed E-state index contributed by atoms with van der Waals surface area (Å²) in [6.07, 6.45) is 5.62. The summed E-state index contributed by atoms with van der Waals surface area (Å²) in [6, 6.07) is 2.62. The van der Waals surface area contributed by atoms with Gasteiger partial charge in [-0.2, -0.15) is 0 Å². The van der Waals surface area contributed by atoms with Crippen molar-refractivity contribution in [2.45, 2.75) is 39.2 Å². The van der Waals surface area contributed by atoms with E-state index in [1.165, 1.54) is 30.4 Å². The fraction of sp³-hybridized carbons (Fsp3) is 0.545. The van der Waals surface area contributed by atoms with Crippen LogP contribution in [0.3, 0.4) is 0 Å². The molecule has 1 aliphatic carbocycles. The number of nitrogens with one attached hydrogen (secondary N) is 1. The zero-order valence-electron chi connectivity index (χ0n) is 8.30. The first-order valence-electron chi connectivity index (χ1n) is 5.00. The van der Waals surface area contributed by atoms with Gasteiger partial charge < -0.3 is 5.32 Å². The number of anilines is 1. The number of fused-ring (bicyclic) bond motifs is 1. The Morgan fingerprint density at radius 2 is 2.23 bits per heavy atom. The van der Waals surface area contributed by atoms with Crippen LogP contribution in [0.2, 0.25) is 0 Å². The molecule has 0 saturated heterocycles. The van der Waals surface area contributed by atoms with Crippen molar-refractivity contribution >= 4 is 5.82 Å². The molecule has 1 aromatic heterocycles. The molecular formula is C11H16N2. The van der Waals surface area contributed by atoms with E-state index in [9.17, 15) is 0 Å². The molecular weight excluding hydrogens is 160 g/mol. The predicted molar refractivity (Wildman–Crippen MR) is 55.0 cm³/mol. The van der Waals surface area contributed by atoms with Gasteiger partial charge in [0, 0.05) is 12.2 Å². The fourth-order valence-corrected chi connectivity index (χ4v) is 1.90. The van der Waals surface area contributed by atoms with Crippen LogP contribution in [-0.4, -0.2) is 11.0 Å². The third kappa shape index (κ3) is 1.67. The summed E-state index contributed by atoms with van der Waals surface area (Å²) in [6.45, 7) is 4.30. The Morgan fingerprint density at radius 1 is 1.38 bits per heavy atom. The molecule has 13 heavy (non-hydrogen) atoms. The van der Waals surface area contributed by atoms with E-state index < -0.39 is 0 Å². The van der Waals surface area contributed by atoms with Crippen LogP contribution in [0.25, 0.3) is 0 Å². The molecule has 1 aliphatic rings. The normalized spacial score (nSPS) is 14.7. The number of rotatable bonds is 2. The second-order valence-corrected chi connectivity index (χ2v) is 3.95. The van der Waals surface area contributed by atoms with Crippen LogP contribution in [0.5, 0.6) is 0 Å². The predicted octanol–water partition coefficient (Wildman–Crippen LogP) is 2.39. The lowest BCUT2D eigenvalue weighted by Gasteiger charge is -2.12. The molecule has 0 aromatic carbocycles. The van der Waals surface area contributed by atoms with Crippen molar-refractivity contribution in [2.75, 3.05) is 5.32 Å². The van der Waals surface area contributed by atoms with Gasteiger partial charge in [0.2, 0.25) is 0 Å². The molecule has 0 radical (unpaired) electrons. The van der Waals surface area contributed by atoms with Crippen LogP contribution in [0.15, 0.2) is 12.3 Å². The third-order valence-electron chi connectivity index (χ3n) is 2.45. The summed E-state index contributed by atoms with van der Waals surface area (Å²) >= 11 is 0. The average Bonchev–Trinajstić information content (AvgIpc) is 2.51. The Labute approximate surface area is 79.4 Å². The van der Waals surface area contributed by atoms with Gasteiger partial charge in [0.25, 0.3) is 0 Å². The Balaban J connectivity index is 2.30. The van der Waals surface area contributed by atoms with Crippen molar-refractivity contribution in [1.29, 1.82) is 0 Å². The molecule has 2 heteroatoms. The minimum absolute atomic E-state index is 0.472. The van der Waals surface area contributed by atoms with Crippen molar-refractivity contribution in [3.05, 3.63) is 23.4 Å². The molecule has 1 heterocycles. The lowest BCUT2D eigenvalue weighted by molar-refractivity contribution is 0.876. The maximum Gasteiger partial charge on any atom is 0.129 e. The minimum Gasteiger partial charge on any atom is -0.368 e. The largest absolute Gasteiger partial charge is 0.368 e. The summed E-state index contributed by atoms with van der Waals surface area (Å²) in [5.74, 6) is 1.10. The first-order valence-corrected chi connectivity index (χ1v) is 5.00. The van der Waals surface area contributed by atoms with Gasteiger partial charge in [-0.15, -0.1) is 0 Å². The van der Waals surface area contributed by atoms with Crippen molar-refractivity contribution in [3.63, 3.8) is 0 Å². The van der Waals surface area contributed by atoms with Gasteiger partial charge in [0.15, 0.2) is 0 Å². The molecule has 0 saturated carbocycles. The number of pyridine rings is 1. The molecule has 0 atom stereocenters. The molecule has 0 bridgehead atoms. The van der Waals surface area contributed by atoms with Crippen molar-refractivity contribution in [2.24, 2.45) is 0 Å². The van der Waals surface area contributed by atoms with Gasteiger partial charge in [-0.1, -0.05) is 0 Å². The average molecular weight is 176 g/mol. The lowest BCUT2D eigenvalue weighted by atomic mass is 10.1. The Hall–Kier alpha value is -1.05. The van der Waals surface area contributed by atoms with Crippen LogP contribution in [-0.2, 0) is 12.8 Å². The number of hydrogen-bond acceptors (Lipinski definition) is 2. The molecule has 0 fully saturated rings. The van der Waals surface area contributed by atoms with Crippen LogP contribution in [0.4, 0.5) is 5.82 Å². The van der Waals surface area contributed by atoms with Gasteiger partial charge in [-0.25, -0.2) is 4.98 Å². The maximum atomic E-state index is 4.38. The van der Waals surface area contributed by atoms with Crippen molar-refractivity contribution < 1.29 is 0 Å². The third-order valence-corrected chi connectivity index (χ3v) is 2.45. The first-order chi connectivity index (χ1) is 6.27. The smallest absolute Gasteiger partial charge is 0.129 e. The zero-order chi connectivity index (χ0) is 9.26. The Bertz CT molecular complexity index is 305. The van der Waals surface area contributed by atoms with E-state index in [0.29, 0.717) is 6.04 Å². The first kappa shape index (κ1) is 8.54. The summed E-state index contributed by atoms with van der Waals surface area (Å²) in [5, 5.41) is 3.39. The summed E-state index contributed by atoms with van der Waals surface area (Å²) in [7, 11) is 0. The van der Waals surface area contributed by atoms with Gasteiger partial charge in [0.1, 0.15) is 5.82 Å². The van der Waals surface area contributed by atoms with Crippen LogP contribution < -0.4 is 5.32 Å². The van der Waals surface area contributed by atoms with Gasteiger partial charge >= 0.3 is 0 Å². The Morgan fingerprint density at radius 3 is 3.00 bits per heavy atom.